The Morgan fingerprint density at radius 3 is 2.15 bits per heavy atom. The minimum Gasteiger partial charge on any atom is -0.462 e. The molecule has 0 aromatic carbocycles. The number of nitrogens with zero attached hydrogens (tertiary/aromatic N) is 2. The SMILES string of the molecule is CCOC(=O)C1=CCN(COCC[Si](C)(C)C)C(=O)c2c1cc(CBr)n2COCC[Si](C)(C)C. The lowest BCUT2D eigenvalue weighted by atomic mass is 10.1. The Balaban J connectivity index is 2.34. The van der Waals surface area contributed by atoms with E-state index in [0.29, 0.717) is 35.4 Å². The molecule has 2 rings (SSSR count). The Morgan fingerprint density at radius 2 is 1.62 bits per heavy atom. The zero-order chi connectivity index (χ0) is 25.5. The molecule has 2 heterocycles. The van der Waals surface area contributed by atoms with E-state index in [4.69, 9.17) is 14.2 Å². The van der Waals surface area contributed by atoms with Gasteiger partial charge >= 0.3 is 5.97 Å². The van der Waals surface area contributed by atoms with Crippen molar-refractivity contribution >= 4 is 49.5 Å². The highest BCUT2D eigenvalue weighted by molar-refractivity contribution is 9.08. The molecule has 0 atom stereocenters. The summed E-state index contributed by atoms with van der Waals surface area (Å²) >= 11 is 3.54. The van der Waals surface area contributed by atoms with Gasteiger partial charge in [0, 0.05) is 52.5 Å². The third-order valence-electron chi connectivity index (χ3n) is 5.57. The number of rotatable bonds is 13. The number of ether oxygens (including phenoxy) is 3. The summed E-state index contributed by atoms with van der Waals surface area (Å²) < 4.78 is 19.1. The molecule has 0 bridgehead atoms. The van der Waals surface area contributed by atoms with Gasteiger partial charge in [0.15, 0.2) is 0 Å². The van der Waals surface area contributed by atoms with Crippen LogP contribution in [-0.2, 0) is 31.1 Å². The molecule has 0 unspecified atom stereocenters. The second-order valence-electron chi connectivity index (χ2n) is 11.0. The van der Waals surface area contributed by atoms with Crippen LogP contribution in [0.3, 0.4) is 0 Å². The van der Waals surface area contributed by atoms with Crippen molar-refractivity contribution in [3.63, 3.8) is 0 Å². The molecule has 0 saturated carbocycles. The molecule has 1 aliphatic rings. The predicted octanol–water partition coefficient (Wildman–Crippen LogP) is 5.41. The van der Waals surface area contributed by atoms with Gasteiger partial charge in [0.1, 0.15) is 19.2 Å². The summed E-state index contributed by atoms with van der Waals surface area (Å²) in [5.74, 6) is -0.587. The van der Waals surface area contributed by atoms with Crippen molar-refractivity contribution in [1.82, 2.24) is 9.47 Å². The molecule has 1 aromatic rings. The van der Waals surface area contributed by atoms with Crippen LogP contribution in [0.25, 0.3) is 5.57 Å². The fourth-order valence-electron chi connectivity index (χ4n) is 3.44. The van der Waals surface area contributed by atoms with Crippen molar-refractivity contribution in [2.45, 2.75) is 70.4 Å². The zero-order valence-corrected chi connectivity index (χ0v) is 25.4. The molecule has 0 N–H and O–H groups in total. The number of fused-ring (bicyclic) bond motifs is 1. The van der Waals surface area contributed by atoms with E-state index in [0.717, 1.165) is 17.8 Å². The average Bonchev–Trinajstić information content (AvgIpc) is 3.02. The van der Waals surface area contributed by atoms with E-state index < -0.39 is 22.1 Å². The maximum Gasteiger partial charge on any atom is 0.338 e. The highest BCUT2D eigenvalue weighted by Gasteiger charge is 2.32. The molecule has 34 heavy (non-hydrogen) atoms. The first-order chi connectivity index (χ1) is 15.9. The first-order valence-electron chi connectivity index (χ1n) is 12.0. The molecular formula is C24H41BrN2O5Si2. The van der Waals surface area contributed by atoms with Crippen molar-refractivity contribution in [1.29, 1.82) is 0 Å². The highest BCUT2D eigenvalue weighted by atomic mass is 79.9. The first kappa shape index (κ1) is 29.0. The third-order valence-corrected chi connectivity index (χ3v) is 9.55. The van der Waals surface area contributed by atoms with Crippen LogP contribution < -0.4 is 0 Å². The number of esters is 1. The Bertz CT molecular complexity index is 887. The number of aromatic nitrogens is 1. The monoisotopic (exact) mass is 572 g/mol. The van der Waals surface area contributed by atoms with E-state index in [1.807, 2.05) is 10.6 Å². The van der Waals surface area contributed by atoms with Crippen LogP contribution in [-0.4, -0.2) is 70.6 Å². The fraction of sp³-hybridized carbons (Fsp3) is 0.667. The van der Waals surface area contributed by atoms with E-state index in [1.54, 1.807) is 17.9 Å². The predicted molar refractivity (Wildman–Crippen MR) is 146 cm³/mol. The van der Waals surface area contributed by atoms with Gasteiger partial charge in [-0.1, -0.05) is 55.2 Å². The van der Waals surface area contributed by atoms with E-state index in [9.17, 15) is 9.59 Å². The van der Waals surface area contributed by atoms with Gasteiger partial charge in [0.25, 0.3) is 5.91 Å². The molecule has 0 aliphatic carbocycles. The van der Waals surface area contributed by atoms with Crippen LogP contribution in [0.2, 0.25) is 51.4 Å². The van der Waals surface area contributed by atoms with E-state index in [1.165, 1.54) is 0 Å². The van der Waals surface area contributed by atoms with Crippen LogP contribution >= 0.6 is 15.9 Å². The van der Waals surface area contributed by atoms with Crippen molar-refractivity contribution in [3.05, 3.63) is 29.1 Å². The van der Waals surface area contributed by atoms with Crippen LogP contribution in [0, 0.1) is 0 Å². The summed E-state index contributed by atoms with van der Waals surface area (Å²) in [5, 5.41) is 0.535. The number of carbonyl (C=O) groups is 2. The maximum atomic E-state index is 13.7. The Kier molecular flexibility index (Phi) is 10.8. The van der Waals surface area contributed by atoms with Crippen LogP contribution in [0.1, 0.15) is 28.7 Å². The van der Waals surface area contributed by atoms with Crippen molar-refractivity contribution in [3.8, 4) is 0 Å². The van der Waals surface area contributed by atoms with Crippen molar-refractivity contribution < 1.29 is 23.8 Å². The number of carbonyl (C=O) groups excluding carboxylic acids is 2. The highest BCUT2D eigenvalue weighted by Crippen LogP contribution is 2.30. The molecule has 0 fully saturated rings. The Hall–Kier alpha value is -1.21. The summed E-state index contributed by atoms with van der Waals surface area (Å²) in [4.78, 5) is 28.1. The van der Waals surface area contributed by atoms with Gasteiger partial charge in [-0.3, -0.25) is 4.79 Å². The van der Waals surface area contributed by atoms with Crippen LogP contribution in [0.5, 0.6) is 0 Å². The standard InChI is InChI=1S/C24H41BrN2O5Si2/c1-8-32-24(29)20-9-10-26(17-30-11-13-33(2,3)4)23(28)22-21(20)15-19(16-25)27(22)18-31-12-14-34(5,6)7/h9,15H,8,10-14,16-18H2,1-7H3. The maximum absolute atomic E-state index is 13.7. The molecule has 7 nitrogen and oxygen atoms in total. The smallest absolute Gasteiger partial charge is 0.338 e. The third kappa shape index (κ3) is 8.47. The van der Waals surface area contributed by atoms with Crippen molar-refractivity contribution in [2.24, 2.45) is 0 Å². The van der Waals surface area contributed by atoms with Gasteiger partial charge in [-0.05, 0) is 31.2 Å². The molecule has 0 spiro atoms. The molecule has 1 aliphatic heterocycles. The molecule has 1 amide bonds. The molecule has 0 radical (unpaired) electrons. The number of amides is 1. The summed E-state index contributed by atoms with van der Waals surface area (Å²) in [6.07, 6.45) is 1.78. The van der Waals surface area contributed by atoms with Gasteiger partial charge in [-0.25, -0.2) is 4.79 Å². The largest absolute Gasteiger partial charge is 0.462 e. The van der Waals surface area contributed by atoms with E-state index >= 15 is 0 Å². The summed E-state index contributed by atoms with van der Waals surface area (Å²) in [6, 6.07) is 3.96. The van der Waals surface area contributed by atoms with Crippen LogP contribution in [0.15, 0.2) is 12.1 Å². The number of alkyl halides is 1. The Morgan fingerprint density at radius 1 is 1.03 bits per heavy atom. The minimum atomic E-state index is -1.23. The molecule has 10 heteroatoms. The van der Waals surface area contributed by atoms with Crippen molar-refractivity contribution in [2.75, 3.05) is 33.1 Å². The molecule has 192 valence electrons. The molecule has 1 aromatic heterocycles. The second-order valence-corrected chi connectivity index (χ2v) is 22.8. The quantitative estimate of drug-likeness (QED) is 0.137. The van der Waals surface area contributed by atoms with Gasteiger partial charge in [0.05, 0.1) is 12.2 Å². The number of halogens is 1. The molecule has 0 saturated heterocycles. The second kappa shape index (κ2) is 12.7. The normalized spacial score (nSPS) is 14.6. The number of hydrogen-bond donors (Lipinski definition) is 0. The minimum absolute atomic E-state index is 0.167. The summed E-state index contributed by atoms with van der Waals surface area (Å²) in [7, 11) is -2.46. The molecular weight excluding hydrogens is 532 g/mol. The van der Waals surface area contributed by atoms with Gasteiger partial charge < -0.3 is 23.7 Å². The Labute approximate surface area is 215 Å². The lowest BCUT2D eigenvalue weighted by Crippen LogP contribution is -2.35. The first-order valence-corrected chi connectivity index (χ1v) is 20.5. The zero-order valence-electron chi connectivity index (χ0n) is 21.8. The lowest BCUT2D eigenvalue weighted by Gasteiger charge is -2.23. The van der Waals surface area contributed by atoms with Gasteiger partial charge in [-0.15, -0.1) is 0 Å². The fourth-order valence-corrected chi connectivity index (χ4v) is 5.42. The van der Waals surface area contributed by atoms with Gasteiger partial charge in [0.2, 0.25) is 0 Å². The van der Waals surface area contributed by atoms with E-state index in [-0.39, 0.29) is 32.5 Å². The lowest BCUT2D eigenvalue weighted by molar-refractivity contribution is -0.136. The average molecular weight is 574 g/mol. The van der Waals surface area contributed by atoms with Gasteiger partial charge in [-0.2, -0.15) is 0 Å². The number of hydrogen-bond acceptors (Lipinski definition) is 5. The topological polar surface area (TPSA) is 70.0 Å². The summed E-state index contributed by atoms with van der Waals surface area (Å²) in [6.45, 7) is 17.8. The summed E-state index contributed by atoms with van der Waals surface area (Å²) in [5.41, 5.74) is 2.34. The van der Waals surface area contributed by atoms with Crippen LogP contribution in [0.4, 0.5) is 0 Å². The van der Waals surface area contributed by atoms with E-state index in [2.05, 4.69) is 55.2 Å².